The number of carbonyl (C=O) groups excluding carboxylic acids is 1. The number of rotatable bonds is 8. The number of benzene rings is 3. The molecular weight excluding hydrogens is 428 g/mol. The average Bonchev–Trinajstić information content (AvgIpc) is 2.79. The van der Waals surface area contributed by atoms with Gasteiger partial charge in [-0.05, 0) is 68.4 Å². The first kappa shape index (κ1) is 23.1. The Bertz CT molecular complexity index is 1190. The molecule has 7 nitrogen and oxygen atoms in total. The topological polar surface area (TPSA) is 93.7 Å². The van der Waals surface area contributed by atoms with Crippen LogP contribution < -0.4 is 19.5 Å². The summed E-state index contributed by atoms with van der Waals surface area (Å²) in [6.45, 7) is 3.73. The van der Waals surface area contributed by atoms with Crippen molar-refractivity contribution in [2.45, 2.75) is 24.8 Å². The number of aryl methyl sites for hydroxylation is 1. The van der Waals surface area contributed by atoms with Crippen molar-refractivity contribution < 1.29 is 22.7 Å². The lowest BCUT2D eigenvalue weighted by atomic mass is 10.1. The van der Waals surface area contributed by atoms with Crippen LogP contribution in [0.3, 0.4) is 0 Å². The molecule has 8 heteroatoms. The van der Waals surface area contributed by atoms with Gasteiger partial charge in [-0.25, -0.2) is 8.42 Å². The average molecular weight is 455 g/mol. The van der Waals surface area contributed by atoms with Crippen molar-refractivity contribution in [3.05, 3.63) is 83.4 Å². The molecule has 168 valence electrons. The van der Waals surface area contributed by atoms with E-state index in [0.29, 0.717) is 22.7 Å². The van der Waals surface area contributed by atoms with Crippen LogP contribution in [0.1, 0.15) is 34.5 Å². The van der Waals surface area contributed by atoms with Crippen LogP contribution in [0.25, 0.3) is 0 Å². The predicted octanol–water partition coefficient (Wildman–Crippen LogP) is 4.30. The minimum Gasteiger partial charge on any atom is -0.497 e. The van der Waals surface area contributed by atoms with E-state index in [-0.39, 0.29) is 16.8 Å². The molecule has 0 unspecified atom stereocenters. The van der Waals surface area contributed by atoms with Crippen LogP contribution in [0.4, 0.5) is 5.69 Å². The summed E-state index contributed by atoms with van der Waals surface area (Å²) in [7, 11) is -0.570. The molecule has 2 N–H and O–H groups in total. The number of anilines is 1. The molecule has 0 bridgehead atoms. The highest BCUT2D eigenvalue weighted by molar-refractivity contribution is 7.92. The number of hydrogen-bond acceptors (Lipinski definition) is 5. The van der Waals surface area contributed by atoms with Gasteiger partial charge in [-0.1, -0.05) is 17.7 Å². The Morgan fingerprint density at radius 2 is 1.56 bits per heavy atom. The van der Waals surface area contributed by atoms with Crippen molar-refractivity contribution in [3.8, 4) is 11.5 Å². The van der Waals surface area contributed by atoms with E-state index in [1.807, 2.05) is 19.9 Å². The van der Waals surface area contributed by atoms with E-state index < -0.39 is 10.0 Å². The van der Waals surface area contributed by atoms with Crippen molar-refractivity contribution >= 4 is 21.6 Å². The first-order valence-electron chi connectivity index (χ1n) is 9.96. The Balaban J connectivity index is 1.71. The van der Waals surface area contributed by atoms with Gasteiger partial charge in [-0.3, -0.25) is 9.52 Å². The second-order valence-electron chi connectivity index (χ2n) is 7.30. The lowest BCUT2D eigenvalue weighted by Gasteiger charge is -2.18. The first-order chi connectivity index (χ1) is 15.2. The van der Waals surface area contributed by atoms with Crippen LogP contribution >= 0.6 is 0 Å². The van der Waals surface area contributed by atoms with Gasteiger partial charge in [0, 0.05) is 16.8 Å². The molecule has 0 spiro atoms. The van der Waals surface area contributed by atoms with Crippen molar-refractivity contribution in [2.75, 3.05) is 18.9 Å². The summed E-state index contributed by atoms with van der Waals surface area (Å²) in [4.78, 5) is 12.9. The van der Waals surface area contributed by atoms with Gasteiger partial charge in [0.1, 0.15) is 11.5 Å². The Morgan fingerprint density at radius 3 is 2.16 bits per heavy atom. The Kier molecular flexibility index (Phi) is 7.05. The first-order valence-corrected chi connectivity index (χ1v) is 11.4. The molecule has 0 heterocycles. The largest absolute Gasteiger partial charge is 0.497 e. The maximum Gasteiger partial charge on any atom is 0.261 e. The van der Waals surface area contributed by atoms with Crippen LogP contribution in [0.15, 0.2) is 71.6 Å². The van der Waals surface area contributed by atoms with E-state index >= 15 is 0 Å². The molecule has 0 radical (unpaired) electrons. The number of amides is 1. The Morgan fingerprint density at radius 1 is 0.906 bits per heavy atom. The van der Waals surface area contributed by atoms with Crippen molar-refractivity contribution in [1.29, 1.82) is 0 Å². The van der Waals surface area contributed by atoms with Gasteiger partial charge in [0.05, 0.1) is 25.2 Å². The van der Waals surface area contributed by atoms with Gasteiger partial charge in [0.15, 0.2) is 0 Å². The summed E-state index contributed by atoms with van der Waals surface area (Å²) < 4.78 is 38.2. The molecule has 0 fully saturated rings. The highest BCUT2D eigenvalue weighted by atomic mass is 32.2. The lowest BCUT2D eigenvalue weighted by Crippen LogP contribution is -2.27. The molecule has 0 aliphatic heterocycles. The number of hydrogen-bond donors (Lipinski definition) is 2. The Labute approximate surface area is 188 Å². The molecule has 0 aliphatic carbocycles. The molecule has 3 rings (SSSR count). The highest BCUT2D eigenvalue weighted by Crippen LogP contribution is 2.29. The van der Waals surface area contributed by atoms with Crippen LogP contribution in [0.2, 0.25) is 0 Å². The number of nitrogens with one attached hydrogen (secondary N) is 2. The molecule has 32 heavy (non-hydrogen) atoms. The third-order valence-corrected chi connectivity index (χ3v) is 6.38. The molecule has 0 aliphatic rings. The lowest BCUT2D eigenvalue weighted by molar-refractivity contribution is 0.0939. The number of methoxy groups -OCH3 is 2. The standard InChI is InChI=1S/C24H26N2O5S/c1-16-5-12-21(13-6-16)32(28,29)26-19-9-7-18(8-10-19)24(27)25-17(2)22-15-20(30-3)11-14-23(22)31-4/h5-15,17,26H,1-4H3,(H,25,27)/t17-/m0/s1. The summed E-state index contributed by atoms with van der Waals surface area (Å²) in [5, 5.41) is 2.92. The molecular formula is C24H26N2O5S. The molecule has 1 atom stereocenters. The summed E-state index contributed by atoms with van der Waals surface area (Å²) >= 11 is 0. The van der Waals surface area contributed by atoms with E-state index in [1.54, 1.807) is 74.9 Å². The molecule has 1 amide bonds. The number of carbonyl (C=O) groups is 1. The van der Waals surface area contributed by atoms with Gasteiger partial charge < -0.3 is 14.8 Å². The van der Waals surface area contributed by atoms with Gasteiger partial charge in [-0.15, -0.1) is 0 Å². The van der Waals surface area contributed by atoms with Crippen LogP contribution in [0, 0.1) is 6.92 Å². The fourth-order valence-electron chi connectivity index (χ4n) is 3.16. The molecule has 3 aromatic rings. The maximum absolute atomic E-state index is 12.7. The highest BCUT2D eigenvalue weighted by Gasteiger charge is 2.17. The second kappa shape index (κ2) is 9.74. The van der Waals surface area contributed by atoms with Crippen LogP contribution in [0.5, 0.6) is 11.5 Å². The monoisotopic (exact) mass is 454 g/mol. The number of sulfonamides is 1. The fourth-order valence-corrected chi connectivity index (χ4v) is 4.22. The van der Waals surface area contributed by atoms with E-state index in [4.69, 9.17) is 9.47 Å². The fraction of sp³-hybridized carbons (Fsp3) is 0.208. The zero-order valence-corrected chi connectivity index (χ0v) is 19.2. The second-order valence-corrected chi connectivity index (χ2v) is 8.98. The summed E-state index contributed by atoms with van der Waals surface area (Å²) in [5.41, 5.74) is 2.52. The molecule has 3 aromatic carbocycles. The quantitative estimate of drug-likeness (QED) is 0.529. The van der Waals surface area contributed by atoms with E-state index in [1.165, 1.54) is 0 Å². The summed E-state index contributed by atoms with van der Waals surface area (Å²) in [5.74, 6) is 1.00. The minimum absolute atomic E-state index is 0.172. The molecule has 0 aromatic heterocycles. The summed E-state index contributed by atoms with van der Waals surface area (Å²) in [6, 6.07) is 17.9. The van der Waals surface area contributed by atoms with Crippen LogP contribution in [-0.2, 0) is 10.0 Å². The third kappa shape index (κ3) is 5.39. The minimum atomic E-state index is -3.71. The van der Waals surface area contributed by atoms with E-state index in [0.717, 1.165) is 11.1 Å². The van der Waals surface area contributed by atoms with Crippen molar-refractivity contribution in [2.24, 2.45) is 0 Å². The normalized spacial score (nSPS) is 12.0. The van der Waals surface area contributed by atoms with Crippen molar-refractivity contribution in [1.82, 2.24) is 5.32 Å². The maximum atomic E-state index is 12.7. The number of ether oxygens (including phenoxy) is 2. The third-order valence-electron chi connectivity index (χ3n) is 4.98. The van der Waals surface area contributed by atoms with Gasteiger partial charge in [-0.2, -0.15) is 0 Å². The smallest absolute Gasteiger partial charge is 0.261 e. The molecule has 0 saturated heterocycles. The predicted molar refractivity (Wildman–Crippen MR) is 124 cm³/mol. The Hall–Kier alpha value is -3.52. The molecule has 0 saturated carbocycles. The zero-order chi connectivity index (χ0) is 23.3. The van der Waals surface area contributed by atoms with Crippen LogP contribution in [-0.4, -0.2) is 28.5 Å². The summed E-state index contributed by atoms with van der Waals surface area (Å²) in [6.07, 6.45) is 0. The van der Waals surface area contributed by atoms with E-state index in [2.05, 4.69) is 10.0 Å². The van der Waals surface area contributed by atoms with Gasteiger partial charge in [0.25, 0.3) is 15.9 Å². The van der Waals surface area contributed by atoms with Gasteiger partial charge >= 0.3 is 0 Å². The van der Waals surface area contributed by atoms with Crippen molar-refractivity contribution in [3.63, 3.8) is 0 Å². The zero-order valence-electron chi connectivity index (χ0n) is 18.4. The van der Waals surface area contributed by atoms with E-state index in [9.17, 15) is 13.2 Å². The van der Waals surface area contributed by atoms with Gasteiger partial charge in [0.2, 0.25) is 0 Å². The SMILES string of the molecule is COc1ccc(OC)c([C@H](C)NC(=O)c2ccc(NS(=O)(=O)c3ccc(C)cc3)cc2)c1.